The van der Waals surface area contributed by atoms with Crippen LogP contribution in [0.25, 0.3) is 0 Å². The molecule has 0 radical (unpaired) electrons. The molecule has 0 amide bonds. The summed E-state index contributed by atoms with van der Waals surface area (Å²) in [5.41, 5.74) is 0.736. The van der Waals surface area contributed by atoms with Gasteiger partial charge < -0.3 is 0 Å². The lowest BCUT2D eigenvalue weighted by Crippen LogP contribution is -2.19. The highest BCUT2D eigenvalue weighted by Crippen LogP contribution is 2.24. The van der Waals surface area contributed by atoms with Crippen LogP contribution in [0.2, 0.25) is 5.15 Å². The van der Waals surface area contributed by atoms with Gasteiger partial charge in [0, 0.05) is 18.0 Å². The molecule has 7 heteroatoms. The van der Waals surface area contributed by atoms with E-state index in [0.29, 0.717) is 16.1 Å². The van der Waals surface area contributed by atoms with Crippen LogP contribution in [-0.4, -0.2) is 19.7 Å². The average Bonchev–Trinajstić information content (AvgIpc) is 2.69. The topological polar surface area (TPSA) is 63.6 Å². The van der Waals surface area contributed by atoms with Gasteiger partial charge in [0.2, 0.25) is 0 Å². The van der Waals surface area contributed by atoms with Gasteiger partial charge in [-0.2, -0.15) is 0 Å². The Hall–Kier alpha value is -1.27. The third-order valence-electron chi connectivity index (χ3n) is 2.38. The van der Waals surface area contributed by atoms with E-state index in [2.05, 4.69) is 15.2 Å². The number of pyridine rings is 1. The number of hydrogen-bond acceptors (Lipinski definition) is 4. The van der Waals surface area contributed by atoms with Crippen molar-refractivity contribution in [3.63, 3.8) is 0 Å². The van der Waals surface area contributed by atoms with Gasteiger partial charge in [0.15, 0.2) is 5.16 Å². The Morgan fingerprint density at radius 2 is 2.33 bits per heavy atom. The molecular weight excluding hydrogens is 272 g/mol. The molecule has 96 valence electrons. The van der Waals surface area contributed by atoms with Crippen molar-refractivity contribution in [2.24, 2.45) is 0 Å². The van der Waals surface area contributed by atoms with Crippen LogP contribution in [0.4, 0.5) is 0 Å². The van der Waals surface area contributed by atoms with E-state index in [9.17, 15) is 4.79 Å². The van der Waals surface area contributed by atoms with E-state index in [1.54, 1.807) is 10.8 Å². The van der Waals surface area contributed by atoms with Gasteiger partial charge in [0.25, 0.3) is 0 Å². The number of halogens is 1. The zero-order valence-corrected chi connectivity index (χ0v) is 11.6. The van der Waals surface area contributed by atoms with Crippen molar-refractivity contribution in [1.82, 2.24) is 19.7 Å². The van der Waals surface area contributed by atoms with Gasteiger partial charge in [0.05, 0.1) is 0 Å². The molecular formula is C11H13ClN4OS. The SMILES string of the molecule is CC(C)n1c(SCc2cccnc2Cl)n[nH]c1=O. The molecule has 2 aromatic heterocycles. The van der Waals surface area contributed by atoms with E-state index < -0.39 is 0 Å². The second-order valence-electron chi connectivity index (χ2n) is 4.02. The van der Waals surface area contributed by atoms with Crippen LogP contribution < -0.4 is 5.69 Å². The molecule has 0 saturated heterocycles. The van der Waals surface area contributed by atoms with Crippen molar-refractivity contribution in [2.75, 3.05) is 0 Å². The quantitative estimate of drug-likeness (QED) is 0.692. The van der Waals surface area contributed by atoms with Gasteiger partial charge in [0.1, 0.15) is 5.15 Å². The summed E-state index contributed by atoms with van der Waals surface area (Å²) in [4.78, 5) is 15.6. The van der Waals surface area contributed by atoms with E-state index in [1.165, 1.54) is 11.8 Å². The summed E-state index contributed by atoms with van der Waals surface area (Å²) in [6.45, 7) is 3.88. The number of aromatic nitrogens is 4. The van der Waals surface area contributed by atoms with Crippen molar-refractivity contribution in [2.45, 2.75) is 30.8 Å². The molecule has 0 spiro atoms. The summed E-state index contributed by atoms with van der Waals surface area (Å²) in [5.74, 6) is 0.629. The van der Waals surface area contributed by atoms with Gasteiger partial charge in [-0.3, -0.25) is 4.57 Å². The van der Waals surface area contributed by atoms with Crippen LogP contribution in [0, 0.1) is 0 Å². The van der Waals surface area contributed by atoms with Crippen LogP contribution in [-0.2, 0) is 5.75 Å². The second-order valence-corrected chi connectivity index (χ2v) is 5.32. The van der Waals surface area contributed by atoms with Crippen molar-refractivity contribution in [1.29, 1.82) is 0 Å². The first-order valence-corrected chi connectivity index (χ1v) is 6.85. The lowest BCUT2D eigenvalue weighted by Gasteiger charge is -2.08. The lowest BCUT2D eigenvalue weighted by atomic mass is 10.3. The van der Waals surface area contributed by atoms with Crippen LogP contribution in [0.1, 0.15) is 25.5 Å². The van der Waals surface area contributed by atoms with Crippen LogP contribution in [0.15, 0.2) is 28.3 Å². The van der Waals surface area contributed by atoms with Crippen LogP contribution >= 0.6 is 23.4 Å². The zero-order valence-electron chi connectivity index (χ0n) is 10.1. The molecule has 0 unspecified atom stereocenters. The molecule has 0 aliphatic carbocycles. The number of thioether (sulfide) groups is 1. The van der Waals surface area contributed by atoms with E-state index in [4.69, 9.17) is 11.6 Å². The smallest absolute Gasteiger partial charge is 0.268 e. The van der Waals surface area contributed by atoms with Crippen molar-refractivity contribution < 1.29 is 0 Å². The second kappa shape index (κ2) is 5.58. The van der Waals surface area contributed by atoms with Crippen LogP contribution in [0.3, 0.4) is 0 Å². The third kappa shape index (κ3) is 2.76. The predicted molar refractivity (Wildman–Crippen MR) is 72.0 cm³/mol. The highest BCUT2D eigenvalue weighted by atomic mass is 35.5. The molecule has 0 aliphatic rings. The summed E-state index contributed by atoms with van der Waals surface area (Å²) in [7, 11) is 0. The summed E-state index contributed by atoms with van der Waals surface area (Å²) in [5, 5.41) is 7.61. The van der Waals surface area contributed by atoms with Crippen molar-refractivity contribution in [3.8, 4) is 0 Å². The Balaban J connectivity index is 2.16. The maximum absolute atomic E-state index is 11.6. The van der Waals surface area contributed by atoms with Gasteiger partial charge in [-0.05, 0) is 25.5 Å². The van der Waals surface area contributed by atoms with Crippen molar-refractivity contribution in [3.05, 3.63) is 39.5 Å². The zero-order chi connectivity index (χ0) is 13.1. The first-order valence-electron chi connectivity index (χ1n) is 5.48. The van der Waals surface area contributed by atoms with Gasteiger partial charge in [-0.25, -0.2) is 14.9 Å². The maximum atomic E-state index is 11.6. The molecule has 2 heterocycles. The molecule has 5 nitrogen and oxygen atoms in total. The molecule has 18 heavy (non-hydrogen) atoms. The third-order valence-corrected chi connectivity index (χ3v) is 3.72. The normalized spacial score (nSPS) is 11.1. The number of hydrogen-bond donors (Lipinski definition) is 1. The summed E-state index contributed by atoms with van der Waals surface area (Å²) in [6, 6.07) is 3.82. The first kappa shape index (κ1) is 13.2. The van der Waals surface area contributed by atoms with E-state index in [0.717, 1.165) is 5.56 Å². The van der Waals surface area contributed by atoms with E-state index in [-0.39, 0.29) is 11.7 Å². The van der Waals surface area contributed by atoms with Crippen LogP contribution in [0.5, 0.6) is 0 Å². The predicted octanol–water partition coefficient (Wildman–Crippen LogP) is 2.49. The van der Waals surface area contributed by atoms with Gasteiger partial charge >= 0.3 is 5.69 Å². The summed E-state index contributed by atoms with van der Waals surface area (Å²) < 4.78 is 1.62. The minimum Gasteiger partial charge on any atom is -0.268 e. The molecule has 2 rings (SSSR count). The largest absolute Gasteiger partial charge is 0.344 e. The Morgan fingerprint density at radius 1 is 1.56 bits per heavy atom. The number of aromatic amines is 1. The Kier molecular flexibility index (Phi) is 4.08. The van der Waals surface area contributed by atoms with Crippen molar-refractivity contribution >= 4 is 23.4 Å². The standard InChI is InChI=1S/C11H13ClN4OS/c1-7(2)16-10(17)14-15-11(16)18-6-8-4-3-5-13-9(8)12/h3-5,7H,6H2,1-2H3,(H,14,17). The highest BCUT2D eigenvalue weighted by molar-refractivity contribution is 7.98. The Labute approximate surface area is 114 Å². The molecule has 0 bridgehead atoms. The highest BCUT2D eigenvalue weighted by Gasteiger charge is 2.12. The minimum atomic E-state index is -0.190. The number of H-pyrrole nitrogens is 1. The van der Waals surface area contributed by atoms with E-state index >= 15 is 0 Å². The average molecular weight is 285 g/mol. The molecule has 0 aliphatic heterocycles. The minimum absolute atomic E-state index is 0.0723. The lowest BCUT2D eigenvalue weighted by molar-refractivity contribution is 0.534. The van der Waals surface area contributed by atoms with Gasteiger partial charge in [-0.1, -0.05) is 29.4 Å². The number of nitrogens with zero attached hydrogens (tertiary/aromatic N) is 3. The number of nitrogens with one attached hydrogen (secondary N) is 1. The Morgan fingerprint density at radius 3 is 3.00 bits per heavy atom. The summed E-state index contributed by atoms with van der Waals surface area (Å²) in [6.07, 6.45) is 1.65. The first-order chi connectivity index (χ1) is 8.59. The molecule has 0 saturated carbocycles. The molecule has 1 N–H and O–H groups in total. The fraction of sp³-hybridized carbons (Fsp3) is 0.364. The molecule has 0 atom stereocenters. The monoisotopic (exact) mass is 284 g/mol. The maximum Gasteiger partial charge on any atom is 0.344 e. The fourth-order valence-corrected chi connectivity index (χ4v) is 2.84. The molecule has 0 fully saturated rings. The fourth-order valence-electron chi connectivity index (χ4n) is 1.52. The number of rotatable bonds is 4. The summed E-state index contributed by atoms with van der Waals surface area (Å²) >= 11 is 7.44. The molecule has 0 aromatic carbocycles. The van der Waals surface area contributed by atoms with Gasteiger partial charge in [-0.15, -0.1) is 5.10 Å². The Bertz CT molecular complexity index is 593. The van der Waals surface area contributed by atoms with E-state index in [1.807, 2.05) is 26.0 Å². The molecule has 2 aromatic rings.